The first-order chi connectivity index (χ1) is 11.8. The molecular weight excluding hydrogens is 333 g/mol. The van der Waals surface area contributed by atoms with Crippen molar-refractivity contribution in [1.82, 2.24) is 0 Å². The van der Waals surface area contributed by atoms with Crippen LogP contribution in [0.3, 0.4) is 0 Å². The number of para-hydroxylation sites is 1. The van der Waals surface area contributed by atoms with Gasteiger partial charge < -0.3 is 14.9 Å². The predicted molar refractivity (Wildman–Crippen MR) is 86.3 cm³/mol. The zero-order valence-electron chi connectivity index (χ0n) is 13.0. The van der Waals surface area contributed by atoms with Crippen molar-refractivity contribution in [2.75, 3.05) is 0 Å². The van der Waals surface area contributed by atoms with Gasteiger partial charge in [-0.15, -0.1) is 0 Å². The van der Waals surface area contributed by atoms with E-state index in [-0.39, 0.29) is 17.9 Å². The molecule has 0 aromatic heterocycles. The molecule has 3 rings (SSSR count). The third kappa shape index (κ3) is 3.69. The largest absolute Gasteiger partial charge is 0.508 e. The molecule has 0 fully saturated rings. The number of aliphatic hydroxyl groups excluding tert-OH is 1. The minimum absolute atomic E-state index is 0.0609. The first-order valence-corrected chi connectivity index (χ1v) is 7.53. The molecule has 130 valence electrons. The molecule has 2 aromatic carbocycles. The molecule has 0 heterocycles. The molecule has 25 heavy (non-hydrogen) atoms. The maximum Gasteiger partial charge on any atom is 0.416 e. The molecule has 0 aliphatic heterocycles. The van der Waals surface area contributed by atoms with Gasteiger partial charge >= 0.3 is 6.18 Å². The van der Waals surface area contributed by atoms with Crippen LogP contribution in [-0.2, 0) is 11.8 Å². The Hall–Kier alpha value is -2.73. The van der Waals surface area contributed by atoms with Gasteiger partial charge in [0.1, 0.15) is 22.9 Å². The van der Waals surface area contributed by atoms with Crippen molar-refractivity contribution >= 4 is 0 Å². The van der Waals surface area contributed by atoms with E-state index in [0.717, 1.165) is 12.1 Å². The summed E-state index contributed by atoms with van der Waals surface area (Å²) >= 11 is 0. The van der Waals surface area contributed by atoms with Crippen LogP contribution in [0.4, 0.5) is 13.2 Å². The van der Waals surface area contributed by atoms with E-state index >= 15 is 0 Å². The van der Waals surface area contributed by atoms with Gasteiger partial charge in [-0.3, -0.25) is 0 Å². The summed E-state index contributed by atoms with van der Waals surface area (Å²) in [5, 5.41) is 20.2. The molecule has 1 atom stereocenters. The Balaban J connectivity index is 1.88. The van der Waals surface area contributed by atoms with Crippen LogP contribution in [0.15, 0.2) is 72.5 Å². The number of hydrogen-bond donors (Lipinski definition) is 2. The van der Waals surface area contributed by atoms with Crippen LogP contribution < -0.4 is 4.74 Å². The molecule has 6 heteroatoms. The zero-order chi connectivity index (χ0) is 18.1. The lowest BCUT2D eigenvalue weighted by molar-refractivity contribution is -0.137. The number of hydrogen-bond acceptors (Lipinski definition) is 3. The zero-order valence-corrected chi connectivity index (χ0v) is 13.0. The van der Waals surface area contributed by atoms with E-state index in [1.807, 2.05) is 0 Å². The average molecular weight is 348 g/mol. The fourth-order valence-electron chi connectivity index (χ4n) is 2.57. The monoisotopic (exact) mass is 348 g/mol. The van der Waals surface area contributed by atoms with Crippen LogP contribution in [0.1, 0.15) is 17.5 Å². The number of rotatable bonds is 3. The fraction of sp³-hybridized carbons (Fsp3) is 0.158. The molecule has 0 spiro atoms. The number of alkyl halides is 3. The summed E-state index contributed by atoms with van der Waals surface area (Å²) in [4.78, 5) is 0. The second kappa shape index (κ2) is 6.29. The smallest absolute Gasteiger partial charge is 0.416 e. The van der Waals surface area contributed by atoms with E-state index in [2.05, 4.69) is 0 Å². The standard InChI is InChI=1S/C19H15F3O3/c20-19(21,22)13-5-7-15(8-6-13)25-17-4-2-1-3-16(17)18(24)11-9-14(23)10-12-18/h1-11,23-24H,12H2. The maximum absolute atomic E-state index is 12.6. The molecule has 0 saturated heterocycles. The highest BCUT2D eigenvalue weighted by Gasteiger charge is 2.32. The second-order valence-electron chi connectivity index (χ2n) is 5.71. The fourth-order valence-corrected chi connectivity index (χ4v) is 2.57. The molecule has 1 aliphatic carbocycles. The van der Waals surface area contributed by atoms with Crippen LogP contribution in [0.25, 0.3) is 0 Å². The summed E-state index contributed by atoms with van der Waals surface area (Å²) in [5.41, 5.74) is -1.67. The van der Waals surface area contributed by atoms with Crippen molar-refractivity contribution in [3.05, 3.63) is 83.6 Å². The van der Waals surface area contributed by atoms with Gasteiger partial charge in [-0.25, -0.2) is 0 Å². The summed E-state index contributed by atoms with van der Waals surface area (Å²) in [6.45, 7) is 0. The summed E-state index contributed by atoms with van der Waals surface area (Å²) in [6, 6.07) is 11.0. The first kappa shape index (κ1) is 17.1. The van der Waals surface area contributed by atoms with Gasteiger partial charge in [0, 0.05) is 12.0 Å². The predicted octanol–water partition coefficient (Wildman–Crippen LogP) is 5.09. The van der Waals surface area contributed by atoms with E-state index < -0.39 is 17.3 Å². The number of halogens is 3. The van der Waals surface area contributed by atoms with Crippen molar-refractivity contribution in [1.29, 1.82) is 0 Å². The second-order valence-corrected chi connectivity index (χ2v) is 5.71. The highest BCUT2D eigenvalue weighted by atomic mass is 19.4. The lowest BCUT2D eigenvalue weighted by Crippen LogP contribution is -2.24. The molecule has 1 unspecified atom stereocenters. The third-order valence-electron chi connectivity index (χ3n) is 3.92. The molecular formula is C19H15F3O3. The molecule has 1 aliphatic rings. The van der Waals surface area contributed by atoms with Gasteiger partial charge in [-0.1, -0.05) is 18.2 Å². The van der Waals surface area contributed by atoms with Crippen molar-refractivity contribution in [3.8, 4) is 11.5 Å². The third-order valence-corrected chi connectivity index (χ3v) is 3.92. The van der Waals surface area contributed by atoms with E-state index in [1.54, 1.807) is 24.3 Å². The molecule has 2 N–H and O–H groups in total. The van der Waals surface area contributed by atoms with E-state index in [4.69, 9.17) is 4.74 Å². The minimum atomic E-state index is -4.41. The Kier molecular flexibility index (Phi) is 4.30. The molecule has 0 bridgehead atoms. The molecule has 0 amide bonds. The van der Waals surface area contributed by atoms with Gasteiger partial charge in [-0.05, 0) is 48.6 Å². The lowest BCUT2D eigenvalue weighted by atomic mass is 9.86. The van der Waals surface area contributed by atoms with Crippen LogP contribution in [-0.4, -0.2) is 10.2 Å². The number of ether oxygens (including phenoxy) is 1. The van der Waals surface area contributed by atoms with Crippen LogP contribution in [0, 0.1) is 0 Å². The van der Waals surface area contributed by atoms with Gasteiger partial charge in [0.25, 0.3) is 0 Å². The molecule has 3 nitrogen and oxygen atoms in total. The highest BCUT2D eigenvalue weighted by Crippen LogP contribution is 2.39. The van der Waals surface area contributed by atoms with Gasteiger partial charge in [0.15, 0.2) is 0 Å². The Morgan fingerprint density at radius 3 is 2.28 bits per heavy atom. The van der Waals surface area contributed by atoms with Crippen molar-refractivity contribution in [3.63, 3.8) is 0 Å². The van der Waals surface area contributed by atoms with Gasteiger partial charge in [0.2, 0.25) is 0 Å². The van der Waals surface area contributed by atoms with Gasteiger partial charge in [0.05, 0.1) is 5.56 Å². The van der Waals surface area contributed by atoms with E-state index in [1.165, 1.54) is 30.4 Å². The minimum Gasteiger partial charge on any atom is -0.508 e. The SMILES string of the molecule is OC1=CCC(O)(c2ccccc2Oc2ccc(C(F)(F)F)cc2)C=C1. The molecule has 0 saturated carbocycles. The van der Waals surface area contributed by atoms with Crippen molar-refractivity contribution in [2.45, 2.75) is 18.2 Å². The van der Waals surface area contributed by atoms with Gasteiger partial charge in [-0.2, -0.15) is 13.2 Å². The van der Waals surface area contributed by atoms with E-state index in [0.29, 0.717) is 11.3 Å². The van der Waals surface area contributed by atoms with E-state index in [9.17, 15) is 23.4 Å². The van der Waals surface area contributed by atoms with Crippen molar-refractivity contribution in [2.24, 2.45) is 0 Å². The highest BCUT2D eigenvalue weighted by molar-refractivity contribution is 5.45. The summed E-state index contributed by atoms with van der Waals surface area (Å²) in [5.74, 6) is 0.609. The normalized spacial score (nSPS) is 20.2. The Labute approximate surface area is 142 Å². The van der Waals surface area contributed by atoms with Crippen LogP contribution >= 0.6 is 0 Å². The topological polar surface area (TPSA) is 49.7 Å². The number of aliphatic hydroxyl groups is 2. The Morgan fingerprint density at radius 1 is 1.00 bits per heavy atom. The lowest BCUT2D eigenvalue weighted by Gasteiger charge is -2.28. The number of benzene rings is 2. The summed E-state index contributed by atoms with van der Waals surface area (Å²) in [7, 11) is 0. The quantitative estimate of drug-likeness (QED) is 0.812. The van der Waals surface area contributed by atoms with Crippen molar-refractivity contribution < 1.29 is 28.1 Å². The summed E-state index contributed by atoms with van der Waals surface area (Å²) < 4.78 is 43.6. The molecule has 0 radical (unpaired) electrons. The molecule has 2 aromatic rings. The first-order valence-electron chi connectivity index (χ1n) is 7.53. The van der Waals surface area contributed by atoms with Crippen LogP contribution in [0.5, 0.6) is 11.5 Å². The Morgan fingerprint density at radius 2 is 1.68 bits per heavy atom. The number of allylic oxidation sites excluding steroid dienone is 1. The Bertz CT molecular complexity index is 823. The average Bonchev–Trinajstić information content (AvgIpc) is 2.58. The van der Waals surface area contributed by atoms with Crippen LogP contribution in [0.2, 0.25) is 0 Å². The maximum atomic E-state index is 12.6. The summed E-state index contributed by atoms with van der Waals surface area (Å²) in [6.07, 6.45) is 0.0696.